The van der Waals surface area contributed by atoms with E-state index in [1.165, 1.54) is 37.7 Å². The van der Waals surface area contributed by atoms with Gasteiger partial charge >= 0.3 is 0 Å². The lowest BCUT2D eigenvalue weighted by Crippen LogP contribution is -2.04. The minimum absolute atomic E-state index is 0. The molecule has 0 saturated heterocycles. The molecule has 1 aliphatic rings. The Kier molecular flexibility index (Phi) is 4.72. The van der Waals surface area contributed by atoms with E-state index in [2.05, 4.69) is 12.1 Å². The first-order chi connectivity index (χ1) is 7.27. The SMILES string of the molecule is C.CC(=O)c1ccc(C2CCCCC2)cc1. The minimum Gasteiger partial charge on any atom is -0.295 e. The molecular formula is C15H22O. The molecule has 0 unspecified atom stereocenters. The normalized spacial score (nSPS) is 16.6. The zero-order valence-electron chi connectivity index (χ0n) is 9.33. The van der Waals surface area contributed by atoms with Crippen molar-refractivity contribution in [1.82, 2.24) is 0 Å². The van der Waals surface area contributed by atoms with Gasteiger partial charge in [0.1, 0.15) is 0 Å². The van der Waals surface area contributed by atoms with Crippen LogP contribution in [0, 0.1) is 0 Å². The smallest absolute Gasteiger partial charge is 0.159 e. The van der Waals surface area contributed by atoms with Crippen LogP contribution in [0.3, 0.4) is 0 Å². The number of carbonyl (C=O) groups excluding carboxylic acids is 1. The summed E-state index contributed by atoms with van der Waals surface area (Å²) < 4.78 is 0. The van der Waals surface area contributed by atoms with Gasteiger partial charge in [-0.25, -0.2) is 0 Å². The van der Waals surface area contributed by atoms with Gasteiger partial charge in [-0.1, -0.05) is 51.0 Å². The zero-order valence-corrected chi connectivity index (χ0v) is 9.33. The third-order valence-electron chi connectivity index (χ3n) is 3.39. The maximum absolute atomic E-state index is 11.1. The first-order valence-corrected chi connectivity index (χ1v) is 5.88. The van der Waals surface area contributed by atoms with E-state index >= 15 is 0 Å². The second-order valence-corrected chi connectivity index (χ2v) is 4.51. The molecule has 1 heteroatoms. The molecule has 16 heavy (non-hydrogen) atoms. The number of benzene rings is 1. The summed E-state index contributed by atoms with van der Waals surface area (Å²) in [5.41, 5.74) is 2.24. The van der Waals surface area contributed by atoms with Gasteiger partial charge in [-0.2, -0.15) is 0 Å². The van der Waals surface area contributed by atoms with Crippen LogP contribution < -0.4 is 0 Å². The highest BCUT2D eigenvalue weighted by molar-refractivity contribution is 5.94. The Labute approximate surface area is 98.9 Å². The van der Waals surface area contributed by atoms with Gasteiger partial charge in [-0.3, -0.25) is 4.79 Å². The topological polar surface area (TPSA) is 17.1 Å². The van der Waals surface area contributed by atoms with Gasteiger partial charge < -0.3 is 0 Å². The second kappa shape index (κ2) is 5.83. The Morgan fingerprint density at radius 2 is 1.62 bits per heavy atom. The van der Waals surface area contributed by atoms with Crippen molar-refractivity contribution >= 4 is 5.78 Å². The molecule has 1 saturated carbocycles. The highest BCUT2D eigenvalue weighted by Gasteiger charge is 2.15. The van der Waals surface area contributed by atoms with Gasteiger partial charge in [0.05, 0.1) is 0 Å². The highest BCUT2D eigenvalue weighted by Crippen LogP contribution is 2.32. The second-order valence-electron chi connectivity index (χ2n) is 4.51. The van der Waals surface area contributed by atoms with Gasteiger partial charge in [-0.05, 0) is 31.2 Å². The number of hydrogen-bond donors (Lipinski definition) is 0. The predicted octanol–water partition coefficient (Wildman–Crippen LogP) is 4.57. The molecule has 0 radical (unpaired) electrons. The molecule has 0 aromatic heterocycles. The van der Waals surface area contributed by atoms with Crippen LogP contribution in [0.4, 0.5) is 0 Å². The number of rotatable bonds is 2. The molecule has 1 nitrogen and oxygen atoms in total. The van der Waals surface area contributed by atoms with Crippen LogP contribution in [0.25, 0.3) is 0 Å². The molecule has 0 atom stereocenters. The van der Waals surface area contributed by atoms with Crippen molar-refractivity contribution in [3.8, 4) is 0 Å². The predicted molar refractivity (Wildman–Crippen MR) is 69.0 cm³/mol. The Hall–Kier alpha value is -1.11. The third-order valence-corrected chi connectivity index (χ3v) is 3.39. The van der Waals surface area contributed by atoms with Crippen LogP contribution in [0.1, 0.15) is 68.3 Å². The molecular weight excluding hydrogens is 196 g/mol. The number of hydrogen-bond acceptors (Lipinski definition) is 1. The fourth-order valence-electron chi connectivity index (χ4n) is 2.43. The maximum Gasteiger partial charge on any atom is 0.159 e. The average molecular weight is 218 g/mol. The molecule has 0 N–H and O–H groups in total. The van der Waals surface area contributed by atoms with Crippen molar-refractivity contribution in [3.63, 3.8) is 0 Å². The third kappa shape index (κ3) is 2.94. The van der Waals surface area contributed by atoms with Crippen LogP contribution in [-0.4, -0.2) is 5.78 Å². The molecule has 88 valence electrons. The van der Waals surface area contributed by atoms with Crippen molar-refractivity contribution in [2.45, 2.75) is 52.4 Å². The fourth-order valence-corrected chi connectivity index (χ4v) is 2.43. The Morgan fingerprint density at radius 3 is 2.12 bits per heavy atom. The largest absolute Gasteiger partial charge is 0.295 e. The average Bonchev–Trinajstić information content (AvgIpc) is 2.30. The number of carbonyl (C=O) groups is 1. The zero-order chi connectivity index (χ0) is 10.7. The van der Waals surface area contributed by atoms with E-state index in [9.17, 15) is 4.79 Å². The molecule has 2 rings (SSSR count). The van der Waals surface area contributed by atoms with Gasteiger partial charge in [0, 0.05) is 5.56 Å². The summed E-state index contributed by atoms with van der Waals surface area (Å²) in [7, 11) is 0. The van der Waals surface area contributed by atoms with Crippen LogP contribution in [0.5, 0.6) is 0 Å². The minimum atomic E-state index is 0. The number of Topliss-reactive ketones (excluding diaryl/α,β-unsaturated/α-hetero) is 1. The lowest BCUT2D eigenvalue weighted by Gasteiger charge is -2.21. The van der Waals surface area contributed by atoms with Crippen LogP contribution >= 0.6 is 0 Å². The van der Waals surface area contributed by atoms with E-state index in [4.69, 9.17) is 0 Å². The maximum atomic E-state index is 11.1. The van der Waals surface area contributed by atoms with Crippen molar-refractivity contribution in [1.29, 1.82) is 0 Å². The summed E-state index contributed by atoms with van der Waals surface area (Å²) >= 11 is 0. The van der Waals surface area contributed by atoms with Crippen molar-refractivity contribution in [2.75, 3.05) is 0 Å². The quantitative estimate of drug-likeness (QED) is 0.664. The van der Waals surface area contributed by atoms with E-state index in [1.807, 2.05) is 12.1 Å². The van der Waals surface area contributed by atoms with Gasteiger partial charge in [0.25, 0.3) is 0 Å². The Bertz CT molecular complexity index is 331. The molecule has 0 bridgehead atoms. The van der Waals surface area contributed by atoms with E-state index in [0.717, 1.165) is 11.5 Å². The van der Waals surface area contributed by atoms with Gasteiger partial charge in [0.2, 0.25) is 0 Å². The van der Waals surface area contributed by atoms with Crippen LogP contribution in [0.15, 0.2) is 24.3 Å². The van der Waals surface area contributed by atoms with E-state index in [0.29, 0.717) is 0 Å². The Morgan fingerprint density at radius 1 is 1.06 bits per heavy atom. The van der Waals surface area contributed by atoms with E-state index < -0.39 is 0 Å². The first-order valence-electron chi connectivity index (χ1n) is 5.88. The summed E-state index contributed by atoms with van der Waals surface area (Å²) in [4.78, 5) is 11.1. The first kappa shape index (κ1) is 13.0. The standard InChI is InChI=1S/C14H18O.CH4/c1-11(15)12-7-9-14(10-8-12)13-5-3-2-4-6-13;/h7-10,13H,2-6H2,1H3;1H4. The van der Waals surface area contributed by atoms with Crippen LogP contribution in [-0.2, 0) is 0 Å². The van der Waals surface area contributed by atoms with E-state index in [1.54, 1.807) is 6.92 Å². The Balaban J connectivity index is 0.00000128. The molecule has 0 spiro atoms. The molecule has 1 aliphatic carbocycles. The summed E-state index contributed by atoms with van der Waals surface area (Å²) in [5, 5.41) is 0. The summed E-state index contributed by atoms with van der Waals surface area (Å²) in [6.07, 6.45) is 6.75. The fraction of sp³-hybridized carbons (Fsp3) is 0.533. The van der Waals surface area contributed by atoms with Gasteiger partial charge in [0.15, 0.2) is 5.78 Å². The summed E-state index contributed by atoms with van der Waals surface area (Å²) in [6.45, 7) is 1.62. The molecule has 0 amide bonds. The lowest BCUT2D eigenvalue weighted by molar-refractivity contribution is 0.101. The molecule has 1 aromatic rings. The molecule has 1 aromatic carbocycles. The molecule has 0 heterocycles. The lowest BCUT2D eigenvalue weighted by atomic mass is 9.84. The van der Waals surface area contributed by atoms with E-state index in [-0.39, 0.29) is 13.2 Å². The van der Waals surface area contributed by atoms with Crippen LogP contribution in [0.2, 0.25) is 0 Å². The van der Waals surface area contributed by atoms with Crippen molar-refractivity contribution in [3.05, 3.63) is 35.4 Å². The monoisotopic (exact) mass is 218 g/mol. The van der Waals surface area contributed by atoms with Crippen molar-refractivity contribution in [2.24, 2.45) is 0 Å². The van der Waals surface area contributed by atoms with Crippen molar-refractivity contribution < 1.29 is 4.79 Å². The summed E-state index contributed by atoms with van der Waals surface area (Å²) in [5.74, 6) is 0.893. The molecule has 0 aliphatic heterocycles. The summed E-state index contributed by atoms with van der Waals surface area (Å²) in [6, 6.07) is 8.19. The molecule has 1 fully saturated rings. The number of ketones is 1. The van der Waals surface area contributed by atoms with Gasteiger partial charge in [-0.15, -0.1) is 0 Å². The highest BCUT2D eigenvalue weighted by atomic mass is 16.1.